The zero-order chi connectivity index (χ0) is 11.5. The topological polar surface area (TPSA) is 55.1 Å². The van der Waals surface area contributed by atoms with Crippen molar-refractivity contribution in [2.45, 2.75) is 31.6 Å². The van der Waals surface area contributed by atoms with Gasteiger partial charge in [-0.25, -0.2) is 0 Å². The first-order valence-electron chi connectivity index (χ1n) is 5.50. The number of hydrogen-bond acceptors (Lipinski definition) is 3. The SMILES string of the molecule is Cc1oncc1C(=O)NCC1CCC(Cl)C1. The van der Waals surface area contributed by atoms with E-state index in [9.17, 15) is 4.79 Å². The summed E-state index contributed by atoms with van der Waals surface area (Å²) >= 11 is 6.01. The Balaban J connectivity index is 1.82. The van der Waals surface area contributed by atoms with E-state index in [1.54, 1.807) is 6.92 Å². The minimum Gasteiger partial charge on any atom is -0.361 e. The molecule has 0 bridgehead atoms. The quantitative estimate of drug-likeness (QED) is 0.826. The average molecular weight is 243 g/mol. The van der Waals surface area contributed by atoms with E-state index in [1.165, 1.54) is 6.20 Å². The third-order valence-corrected chi connectivity index (χ3v) is 3.42. The molecule has 1 heterocycles. The minimum atomic E-state index is -0.114. The number of aromatic nitrogens is 1. The maximum absolute atomic E-state index is 11.7. The Bertz CT molecular complexity index is 378. The Hall–Kier alpha value is -1.03. The standard InChI is InChI=1S/C11H15ClN2O2/c1-7-10(6-14-16-7)11(15)13-5-8-2-3-9(12)4-8/h6,8-9H,2-5H2,1H3,(H,13,15). The predicted molar refractivity (Wildman–Crippen MR) is 60.6 cm³/mol. The van der Waals surface area contributed by atoms with Crippen molar-refractivity contribution in [1.29, 1.82) is 0 Å². The van der Waals surface area contributed by atoms with Crippen molar-refractivity contribution >= 4 is 17.5 Å². The lowest BCUT2D eigenvalue weighted by atomic mass is 10.1. The zero-order valence-corrected chi connectivity index (χ0v) is 9.96. The molecule has 88 valence electrons. The van der Waals surface area contributed by atoms with Gasteiger partial charge in [0.1, 0.15) is 11.3 Å². The van der Waals surface area contributed by atoms with Crippen LogP contribution in [0.15, 0.2) is 10.7 Å². The summed E-state index contributed by atoms with van der Waals surface area (Å²) in [6.07, 6.45) is 4.58. The predicted octanol–water partition coefficient (Wildman–Crippen LogP) is 2.12. The number of amides is 1. The monoisotopic (exact) mass is 242 g/mol. The molecule has 1 fully saturated rings. The molecule has 2 rings (SSSR count). The molecule has 2 atom stereocenters. The average Bonchev–Trinajstić information content (AvgIpc) is 2.84. The van der Waals surface area contributed by atoms with Gasteiger partial charge in [0.15, 0.2) is 0 Å². The van der Waals surface area contributed by atoms with Gasteiger partial charge in [-0.15, -0.1) is 11.6 Å². The van der Waals surface area contributed by atoms with Crippen molar-refractivity contribution in [3.05, 3.63) is 17.5 Å². The second-order valence-electron chi connectivity index (χ2n) is 4.28. The van der Waals surface area contributed by atoms with Crippen molar-refractivity contribution in [3.63, 3.8) is 0 Å². The summed E-state index contributed by atoms with van der Waals surface area (Å²) in [6, 6.07) is 0. The van der Waals surface area contributed by atoms with Crippen LogP contribution < -0.4 is 5.32 Å². The minimum absolute atomic E-state index is 0.114. The molecule has 4 nitrogen and oxygen atoms in total. The lowest BCUT2D eigenvalue weighted by molar-refractivity contribution is 0.0946. The molecule has 1 amide bonds. The fourth-order valence-corrected chi connectivity index (χ4v) is 2.43. The summed E-state index contributed by atoms with van der Waals surface area (Å²) in [5.41, 5.74) is 0.514. The van der Waals surface area contributed by atoms with Crippen LogP contribution >= 0.6 is 11.6 Å². The van der Waals surface area contributed by atoms with Gasteiger partial charge in [0.2, 0.25) is 0 Å². The van der Waals surface area contributed by atoms with Crippen LogP contribution in [0.1, 0.15) is 35.4 Å². The molecule has 1 aliphatic carbocycles. The molecule has 5 heteroatoms. The van der Waals surface area contributed by atoms with E-state index >= 15 is 0 Å². The third-order valence-electron chi connectivity index (χ3n) is 3.02. The van der Waals surface area contributed by atoms with Crippen LogP contribution in [0, 0.1) is 12.8 Å². The molecule has 1 N–H and O–H groups in total. The van der Waals surface area contributed by atoms with Crippen LogP contribution in [0.3, 0.4) is 0 Å². The highest BCUT2D eigenvalue weighted by Gasteiger charge is 2.23. The number of aryl methyl sites for hydroxylation is 1. The summed E-state index contributed by atoms with van der Waals surface area (Å²) < 4.78 is 4.84. The Morgan fingerprint density at radius 3 is 3.06 bits per heavy atom. The highest BCUT2D eigenvalue weighted by Crippen LogP contribution is 2.28. The summed E-state index contributed by atoms with van der Waals surface area (Å²) in [4.78, 5) is 11.7. The van der Waals surface area contributed by atoms with Gasteiger partial charge in [0.25, 0.3) is 5.91 Å². The van der Waals surface area contributed by atoms with E-state index in [0.29, 0.717) is 23.8 Å². The molecule has 2 unspecified atom stereocenters. The molecular formula is C11H15ClN2O2. The largest absolute Gasteiger partial charge is 0.361 e. The second-order valence-corrected chi connectivity index (χ2v) is 4.90. The molecule has 1 aromatic rings. The first-order valence-corrected chi connectivity index (χ1v) is 5.94. The number of alkyl halides is 1. The van der Waals surface area contributed by atoms with E-state index in [2.05, 4.69) is 10.5 Å². The molecule has 0 aromatic carbocycles. The molecule has 1 aliphatic rings. The van der Waals surface area contributed by atoms with Crippen molar-refractivity contribution in [3.8, 4) is 0 Å². The van der Waals surface area contributed by atoms with Crippen LogP contribution in [0.25, 0.3) is 0 Å². The molecule has 0 saturated heterocycles. The Labute approximate surface area is 99.3 Å². The normalized spacial score (nSPS) is 24.6. The Kier molecular flexibility index (Phi) is 3.49. The van der Waals surface area contributed by atoms with Gasteiger partial charge >= 0.3 is 0 Å². The highest BCUT2D eigenvalue weighted by atomic mass is 35.5. The first kappa shape index (κ1) is 11.5. The summed E-state index contributed by atoms with van der Waals surface area (Å²) in [5, 5.41) is 6.75. The molecule has 1 saturated carbocycles. The van der Waals surface area contributed by atoms with Gasteiger partial charge in [-0.3, -0.25) is 4.79 Å². The Morgan fingerprint density at radius 1 is 1.69 bits per heavy atom. The maximum Gasteiger partial charge on any atom is 0.256 e. The van der Waals surface area contributed by atoms with Gasteiger partial charge in [-0.1, -0.05) is 5.16 Å². The van der Waals surface area contributed by atoms with Crippen molar-refractivity contribution in [2.75, 3.05) is 6.54 Å². The molecule has 0 aliphatic heterocycles. The second kappa shape index (κ2) is 4.87. The summed E-state index contributed by atoms with van der Waals surface area (Å²) in [6.45, 7) is 2.42. The zero-order valence-electron chi connectivity index (χ0n) is 9.20. The summed E-state index contributed by atoms with van der Waals surface area (Å²) in [7, 11) is 0. The third kappa shape index (κ3) is 2.55. The van der Waals surface area contributed by atoms with Gasteiger partial charge in [-0.2, -0.15) is 0 Å². The van der Waals surface area contributed by atoms with Crippen LogP contribution in [0.4, 0.5) is 0 Å². The van der Waals surface area contributed by atoms with E-state index in [4.69, 9.17) is 16.1 Å². The van der Waals surface area contributed by atoms with Crippen molar-refractivity contribution < 1.29 is 9.32 Å². The van der Waals surface area contributed by atoms with Crippen LogP contribution in [-0.2, 0) is 0 Å². The van der Waals surface area contributed by atoms with E-state index in [0.717, 1.165) is 19.3 Å². The van der Waals surface area contributed by atoms with Crippen LogP contribution in [0.5, 0.6) is 0 Å². The molecule has 0 spiro atoms. The molecular weight excluding hydrogens is 228 g/mol. The van der Waals surface area contributed by atoms with Crippen molar-refractivity contribution in [2.24, 2.45) is 5.92 Å². The van der Waals surface area contributed by atoms with Crippen LogP contribution in [-0.4, -0.2) is 23.0 Å². The highest BCUT2D eigenvalue weighted by molar-refractivity contribution is 6.20. The number of hydrogen-bond donors (Lipinski definition) is 1. The van der Waals surface area contributed by atoms with Gasteiger partial charge < -0.3 is 9.84 Å². The first-order chi connectivity index (χ1) is 7.66. The lowest BCUT2D eigenvalue weighted by Crippen LogP contribution is -2.28. The maximum atomic E-state index is 11.7. The number of nitrogens with one attached hydrogen (secondary N) is 1. The number of nitrogens with zero attached hydrogens (tertiary/aromatic N) is 1. The molecule has 0 radical (unpaired) electrons. The van der Waals surface area contributed by atoms with Crippen molar-refractivity contribution in [1.82, 2.24) is 10.5 Å². The van der Waals surface area contributed by atoms with E-state index in [1.807, 2.05) is 0 Å². The number of carbonyl (C=O) groups is 1. The lowest BCUT2D eigenvalue weighted by Gasteiger charge is -2.09. The van der Waals surface area contributed by atoms with Crippen LogP contribution in [0.2, 0.25) is 0 Å². The number of rotatable bonds is 3. The number of halogens is 1. The van der Waals surface area contributed by atoms with E-state index < -0.39 is 0 Å². The fourth-order valence-electron chi connectivity index (χ4n) is 2.05. The molecule has 1 aromatic heterocycles. The Morgan fingerprint density at radius 2 is 2.50 bits per heavy atom. The number of carbonyl (C=O) groups excluding carboxylic acids is 1. The van der Waals surface area contributed by atoms with E-state index in [-0.39, 0.29) is 11.3 Å². The summed E-state index contributed by atoms with van der Waals surface area (Å²) in [5.74, 6) is 0.947. The van der Waals surface area contributed by atoms with Gasteiger partial charge in [-0.05, 0) is 32.1 Å². The fraction of sp³-hybridized carbons (Fsp3) is 0.636. The van der Waals surface area contributed by atoms with Gasteiger partial charge in [0, 0.05) is 11.9 Å². The van der Waals surface area contributed by atoms with Gasteiger partial charge in [0.05, 0.1) is 6.20 Å². The smallest absolute Gasteiger partial charge is 0.256 e. The molecule has 16 heavy (non-hydrogen) atoms.